The number of alkyl halides is 6. The molecule has 0 amide bonds. The van der Waals surface area contributed by atoms with Gasteiger partial charge in [-0.1, -0.05) is 23.2 Å². The molecule has 1 aliphatic heterocycles. The van der Waals surface area contributed by atoms with Crippen molar-refractivity contribution in [2.45, 2.75) is 12.4 Å². The van der Waals surface area contributed by atoms with Crippen molar-refractivity contribution in [1.82, 2.24) is 4.83 Å². The van der Waals surface area contributed by atoms with Crippen molar-refractivity contribution in [1.29, 1.82) is 0 Å². The molecule has 0 saturated heterocycles. The molecule has 12 heteroatoms. The van der Waals surface area contributed by atoms with E-state index in [-0.39, 0.29) is 5.69 Å². The third-order valence-electron chi connectivity index (χ3n) is 2.83. The van der Waals surface area contributed by atoms with Gasteiger partial charge in [0.1, 0.15) is 23.0 Å². The number of benzene rings is 1. The standard InChI is InChI=1S/C11H8Cl2F6N3S/c1-23-8(11(17,18)19)9(20)22(21-23)7-5(12)2-4(3-6(7)13)10(14,15)16/h2-3,21H,20H2,1H3/q+1. The van der Waals surface area contributed by atoms with Gasteiger partial charge in [0, 0.05) is 0 Å². The zero-order chi connectivity index (χ0) is 17.7. The predicted molar refractivity (Wildman–Crippen MR) is 77.6 cm³/mol. The first-order chi connectivity index (χ1) is 10.3. The highest BCUT2D eigenvalue weighted by molar-refractivity contribution is 7.98. The predicted octanol–water partition coefficient (Wildman–Crippen LogP) is 4.19. The molecule has 2 rings (SSSR count). The topological polar surface area (TPSA) is 41.3 Å². The molecule has 1 aliphatic rings. The second-order valence-corrected chi connectivity index (χ2v) is 6.86. The highest BCUT2D eigenvalue weighted by Crippen LogP contribution is 2.44. The highest BCUT2D eigenvalue weighted by Gasteiger charge is 2.54. The quantitative estimate of drug-likeness (QED) is 0.550. The van der Waals surface area contributed by atoms with Gasteiger partial charge < -0.3 is 5.73 Å². The number of nitrogens with one attached hydrogen (secondary N) is 1. The van der Waals surface area contributed by atoms with Crippen molar-refractivity contribution in [2.75, 3.05) is 11.3 Å². The van der Waals surface area contributed by atoms with Crippen molar-refractivity contribution in [3.05, 3.63) is 38.5 Å². The number of hydrogen-bond donors (Lipinski definition) is 2. The van der Waals surface area contributed by atoms with E-state index in [1.54, 1.807) is 0 Å². The first-order valence-electron chi connectivity index (χ1n) is 5.69. The molecule has 0 spiro atoms. The highest BCUT2D eigenvalue weighted by atomic mass is 35.5. The second-order valence-electron chi connectivity index (χ2n) is 4.44. The molecule has 0 radical (unpaired) electrons. The molecule has 0 fully saturated rings. The summed E-state index contributed by atoms with van der Waals surface area (Å²) in [5.41, 5.74) is 4.08. The number of nitrogens with two attached hydrogens (primary N) is 1. The van der Waals surface area contributed by atoms with Crippen molar-refractivity contribution in [3.63, 3.8) is 0 Å². The van der Waals surface area contributed by atoms with E-state index in [1.807, 2.05) is 0 Å². The van der Waals surface area contributed by atoms with Crippen LogP contribution < -0.4 is 15.6 Å². The van der Waals surface area contributed by atoms with Gasteiger partial charge in [-0.3, -0.25) is 0 Å². The molecule has 3 N–H and O–H groups in total. The first kappa shape index (κ1) is 18.4. The minimum Gasteiger partial charge on any atom is -0.380 e. The lowest BCUT2D eigenvalue weighted by molar-refractivity contribution is -0.137. The van der Waals surface area contributed by atoms with Gasteiger partial charge in [-0.15, -0.1) is 0 Å². The second kappa shape index (κ2) is 5.83. The normalized spacial score (nSPS) is 19.7. The van der Waals surface area contributed by atoms with Crippen LogP contribution in [0, 0.1) is 0 Å². The smallest absolute Gasteiger partial charge is 0.380 e. The fourth-order valence-corrected chi connectivity index (χ4v) is 3.88. The lowest BCUT2D eigenvalue weighted by Crippen LogP contribution is -2.37. The molecule has 1 aromatic rings. The first-order valence-corrected chi connectivity index (χ1v) is 8.08. The van der Waals surface area contributed by atoms with Gasteiger partial charge in [0.15, 0.2) is 5.82 Å². The largest absolute Gasteiger partial charge is 0.467 e. The van der Waals surface area contributed by atoms with Crippen LogP contribution in [0.15, 0.2) is 22.9 Å². The fraction of sp³-hybridized carbons (Fsp3) is 0.273. The zero-order valence-electron chi connectivity index (χ0n) is 11.1. The molecular formula is C11H8Cl2F6N3S+. The van der Waals surface area contributed by atoms with Gasteiger partial charge in [0.05, 0.1) is 15.6 Å². The van der Waals surface area contributed by atoms with Crippen LogP contribution >= 0.6 is 23.2 Å². The Kier molecular flexibility index (Phi) is 4.66. The van der Waals surface area contributed by atoms with Crippen LogP contribution in [0.3, 0.4) is 0 Å². The number of anilines is 1. The summed E-state index contributed by atoms with van der Waals surface area (Å²) in [6.45, 7) is 0. The Morgan fingerprint density at radius 1 is 1.04 bits per heavy atom. The number of hydrazine groups is 1. The molecule has 1 atom stereocenters. The summed E-state index contributed by atoms with van der Waals surface area (Å²) in [6.07, 6.45) is -8.17. The number of rotatable bonds is 1. The SMILES string of the molecule is C[S+]1NN(c2c(Cl)cc(C(F)(F)F)cc2Cl)C(N)=C1C(F)(F)F. The summed E-state index contributed by atoms with van der Waals surface area (Å²) in [5.74, 6) is -0.716. The van der Waals surface area contributed by atoms with Gasteiger partial charge in [-0.05, 0) is 17.0 Å². The Balaban J connectivity index is 2.55. The molecule has 23 heavy (non-hydrogen) atoms. The van der Waals surface area contributed by atoms with Crippen molar-refractivity contribution in [2.24, 2.45) is 5.73 Å². The van der Waals surface area contributed by atoms with Crippen LogP contribution in [0.5, 0.6) is 0 Å². The lowest BCUT2D eigenvalue weighted by Gasteiger charge is -2.20. The molecule has 1 aromatic carbocycles. The summed E-state index contributed by atoms with van der Waals surface area (Å²) in [7, 11) is 0. The van der Waals surface area contributed by atoms with Crippen LogP contribution in [0.1, 0.15) is 5.56 Å². The maximum Gasteiger partial charge on any atom is 0.467 e. The van der Waals surface area contributed by atoms with E-state index in [0.717, 1.165) is 5.01 Å². The average molecular weight is 399 g/mol. The molecule has 0 saturated carbocycles. The van der Waals surface area contributed by atoms with E-state index in [1.165, 1.54) is 6.26 Å². The Morgan fingerprint density at radius 3 is 1.87 bits per heavy atom. The third kappa shape index (κ3) is 3.44. The van der Waals surface area contributed by atoms with Crippen molar-refractivity contribution < 1.29 is 26.3 Å². The summed E-state index contributed by atoms with van der Waals surface area (Å²) < 4.78 is 76.9. The zero-order valence-corrected chi connectivity index (χ0v) is 13.4. The van der Waals surface area contributed by atoms with E-state index in [0.29, 0.717) is 12.1 Å². The maximum absolute atomic E-state index is 13.0. The monoisotopic (exact) mass is 398 g/mol. The van der Waals surface area contributed by atoms with Crippen LogP contribution in [-0.2, 0) is 17.3 Å². The number of hydrogen-bond acceptors (Lipinski definition) is 3. The summed E-state index contributed by atoms with van der Waals surface area (Å²) >= 11 is 10.0. The van der Waals surface area contributed by atoms with Crippen LogP contribution in [0.4, 0.5) is 32.0 Å². The number of allylic oxidation sites excluding steroid dienone is 1. The summed E-state index contributed by atoms with van der Waals surface area (Å²) in [5, 5.41) is -0.224. The minimum absolute atomic E-state index is 0.280. The molecule has 1 heterocycles. The van der Waals surface area contributed by atoms with E-state index >= 15 is 0 Å². The average Bonchev–Trinajstić information content (AvgIpc) is 2.62. The van der Waals surface area contributed by atoms with Gasteiger partial charge in [-0.2, -0.15) is 26.3 Å². The fourth-order valence-electron chi connectivity index (χ4n) is 1.92. The maximum atomic E-state index is 13.0. The Hall–Kier alpha value is -0.970. The van der Waals surface area contributed by atoms with Gasteiger partial charge >= 0.3 is 12.4 Å². The Morgan fingerprint density at radius 2 is 1.52 bits per heavy atom. The lowest BCUT2D eigenvalue weighted by atomic mass is 10.2. The van der Waals surface area contributed by atoms with Crippen LogP contribution in [-0.4, -0.2) is 12.4 Å². The van der Waals surface area contributed by atoms with Gasteiger partial charge in [0.2, 0.25) is 0 Å². The van der Waals surface area contributed by atoms with Gasteiger partial charge in [0.25, 0.3) is 4.91 Å². The molecule has 3 nitrogen and oxygen atoms in total. The Labute approximate surface area is 139 Å². The third-order valence-corrected chi connectivity index (χ3v) is 4.92. The molecule has 0 aromatic heterocycles. The van der Waals surface area contributed by atoms with Crippen molar-refractivity contribution >= 4 is 40.0 Å². The minimum atomic E-state index is -4.70. The molecule has 128 valence electrons. The molecule has 1 unspecified atom stereocenters. The molecule has 0 aliphatic carbocycles. The number of halogens is 8. The van der Waals surface area contributed by atoms with E-state index < -0.39 is 49.8 Å². The van der Waals surface area contributed by atoms with Crippen molar-refractivity contribution in [3.8, 4) is 0 Å². The molecule has 0 bridgehead atoms. The van der Waals surface area contributed by atoms with Gasteiger partial charge in [-0.25, -0.2) is 5.01 Å². The summed E-state index contributed by atoms with van der Waals surface area (Å²) in [4.78, 5) is 1.37. The summed E-state index contributed by atoms with van der Waals surface area (Å²) in [6, 6.07) is 1.13. The van der Waals surface area contributed by atoms with Crippen LogP contribution in [0.2, 0.25) is 10.0 Å². The molecular weight excluding hydrogens is 391 g/mol. The Bertz CT molecular complexity index is 650. The number of nitrogens with zero attached hydrogens (tertiary/aromatic N) is 1. The van der Waals surface area contributed by atoms with E-state index in [2.05, 4.69) is 4.83 Å². The van der Waals surface area contributed by atoms with Crippen LogP contribution in [0.25, 0.3) is 0 Å². The van der Waals surface area contributed by atoms with E-state index in [9.17, 15) is 26.3 Å². The van der Waals surface area contributed by atoms with E-state index in [4.69, 9.17) is 28.9 Å².